The molecule has 2 aromatic carbocycles. The lowest BCUT2D eigenvalue weighted by Crippen LogP contribution is -2.44. The van der Waals surface area contributed by atoms with Crippen LogP contribution in [0.1, 0.15) is 32.4 Å². The average Bonchev–Trinajstić information content (AvgIpc) is 2.45. The molecule has 2 aromatic rings. The van der Waals surface area contributed by atoms with E-state index >= 15 is 0 Å². The van der Waals surface area contributed by atoms with Crippen molar-refractivity contribution in [1.82, 2.24) is 5.32 Å². The van der Waals surface area contributed by atoms with Gasteiger partial charge >= 0.3 is 0 Å². The third kappa shape index (κ3) is 2.99. The van der Waals surface area contributed by atoms with Crippen LogP contribution >= 0.6 is 0 Å². The van der Waals surface area contributed by atoms with E-state index in [1.54, 1.807) is 0 Å². The highest BCUT2D eigenvalue weighted by atomic mass is 16.2. The number of carbonyl (C=O) groups is 1. The van der Waals surface area contributed by atoms with E-state index in [-0.39, 0.29) is 17.9 Å². The zero-order chi connectivity index (χ0) is 14.7. The van der Waals surface area contributed by atoms with Crippen molar-refractivity contribution in [3.05, 3.63) is 48.0 Å². The van der Waals surface area contributed by atoms with Crippen molar-refractivity contribution in [3.8, 4) is 0 Å². The number of benzene rings is 2. The van der Waals surface area contributed by atoms with Gasteiger partial charge in [-0.2, -0.15) is 0 Å². The fraction of sp³-hybridized carbons (Fsp3) is 0.353. The summed E-state index contributed by atoms with van der Waals surface area (Å²) in [5.41, 5.74) is 7.00. The minimum atomic E-state index is -0.465. The van der Waals surface area contributed by atoms with Crippen molar-refractivity contribution in [2.45, 2.75) is 32.9 Å². The van der Waals surface area contributed by atoms with Gasteiger partial charge in [-0.1, -0.05) is 56.3 Å². The van der Waals surface area contributed by atoms with Gasteiger partial charge in [-0.15, -0.1) is 0 Å². The van der Waals surface area contributed by atoms with Crippen molar-refractivity contribution in [2.24, 2.45) is 11.7 Å². The SMILES string of the molecule is CC(NC(=O)[C@@H](N)C(C)C)c1cccc2ccccc12. The van der Waals surface area contributed by atoms with Gasteiger partial charge in [-0.3, -0.25) is 4.79 Å². The lowest BCUT2D eigenvalue weighted by molar-refractivity contribution is -0.123. The van der Waals surface area contributed by atoms with Gasteiger partial charge in [0.15, 0.2) is 0 Å². The summed E-state index contributed by atoms with van der Waals surface area (Å²) >= 11 is 0. The van der Waals surface area contributed by atoms with Crippen molar-refractivity contribution < 1.29 is 4.79 Å². The Hall–Kier alpha value is -1.87. The van der Waals surface area contributed by atoms with Gasteiger partial charge in [-0.05, 0) is 29.2 Å². The minimum Gasteiger partial charge on any atom is -0.348 e. The van der Waals surface area contributed by atoms with Gasteiger partial charge in [0, 0.05) is 0 Å². The minimum absolute atomic E-state index is 0.0570. The first-order valence-corrected chi connectivity index (χ1v) is 7.04. The third-order valence-electron chi connectivity index (χ3n) is 3.67. The molecule has 3 N–H and O–H groups in total. The summed E-state index contributed by atoms with van der Waals surface area (Å²) in [6.07, 6.45) is 0. The zero-order valence-corrected chi connectivity index (χ0v) is 12.3. The first kappa shape index (κ1) is 14.5. The third-order valence-corrected chi connectivity index (χ3v) is 3.67. The second kappa shape index (κ2) is 6.06. The molecule has 2 atom stereocenters. The molecule has 0 heterocycles. The van der Waals surface area contributed by atoms with Crippen LogP contribution < -0.4 is 11.1 Å². The Morgan fingerprint density at radius 1 is 1.05 bits per heavy atom. The normalized spacial score (nSPS) is 14.2. The van der Waals surface area contributed by atoms with E-state index in [0.717, 1.165) is 5.56 Å². The van der Waals surface area contributed by atoms with Gasteiger partial charge in [-0.25, -0.2) is 0 Å². The van der Waals surface area contributed by atoms with Gasteiger partial charge in [0.1, 0.15) is 0 Å². The number of nitrogens with two attached hydrogens (primary N) is 1. The van der Waals surface area contributed by atoms with Crippen LogP contribution in [-0.2, 0) is 4.79 Å². The highest BCUT2D eigenvalue weighted by molar-refractivity contribution is 5.87. The molecule has 20 heavy (non-hydrogen) atoms. The maximum absolute atomic E-state index is 12.1. The second-order valence-electron chi connectivity index (χ2n) is 5.57. The summed E-state index contributed by atoms with van der Waals surface area (Å²) < 4.78 is 0. The molecule has 0 radical (unpaired) electrons. The fourth-order valence-electron chi connectivity index (χ4n) is 2.32. The molecule has 0 aliphatic rings. The first-order valence-electron chi connectivity index (χ1n) is 7.04. The molecule has 0 aliphatic carbocycles. The Balaban J connectivity index is 2.24. The van der Waals surface area contributed by atoms with E-state index < -0.39 is 6.04 Å². The van der Waals surface area contributed by atoms with Crippen LogP contribution in [0.2, 0.25) is 0 Å². The molecule has 0 fully saturated rings. The number of rotatable bonds is 4. The molecule has 0 saturated heterocycles. The van der Waals surface area contributed by atoms with Crippen molar-refractivity contribution >= 4 is 16.7 Å². The molecule has 3 heteroatoms. The van der Waals surface area contributed by atoms with Gasteiger partial charge < -0.3 is 11.1 Å². The standard InChI is InChI=1S/C17H22N2O/c1-11(2)16(18)17(20)19-12(3)14-10-6-8-13-7-4-5-9-15(13)14/h4-12,16H,18H2,1-3H3,(H,19,20)/t12?,16-/m0/s1. The van der Waals surface area contributed by atoms with Gasteiger partial charge in [0.05, 0.1) is 12.1 Å². The van der Waals surface area contributed by atoms with Gasteiger partial charge in [0.25, 0.3) is 0 Å². The van der Waals surface area contributed by atoms with Crippen LogP contribution in [0.15, 0.2) is 42.5 Å². The van der Waals surface area contributed by atoms with E-state index in [9.17, 15) is 4.79 Å². The molecule has 1 unspecified atom stereocenters. The van der Waals surface area contributed by atoms with Crippen LogP contribution in [0.5, 0.6) is 0 Å². The van der Waals surface area contributed by atoms with E-state index in [4.69, 9.17) is 5.73 Å². The van der Waals surface area contributed by atoms with Crippen LogP contribution in [0.3, 0.4) is 0 Å². The Bertz CT molecular complexity index is 601. The number of nitrogens with one attached hydrogen (secondary N) is 1. The zero-order valence-electron chi connectivity index (χ0n) is 12.3. The molecule has 106 valence electrons. The van der Waals surface area contributed by atoms with Crippen molar-refractivity contribution in [3.63, 3.8) is 0 Å². The summed E-state index contributed by atoms with van der Waals surface area (Å²) in [5.74, 6) is 0.0372. The summed E-state index contributed by atoms with van der Waals surface area (Å²) in [6, 6.07) is 13.8. The molecule has 0 aromatic heterocycles. The summed E-state index contributed by atoms with van der Waals surface area (Å²) in [5, 5.41) is 5.35. The largest absolute Gasteiger partial charge is 0.348 e. The fourth-order valence-corrected chi connectivity index (χ4v) is 2.32. The highest BCUT2D eigenvalue weighted by Gasteiger charge is 2.20. The number of carbonyl (C=O) groups excluding carboxylic acids is 1. The first-order chi connectivity index (χ1) is 9.50. The highest BCUT2D eigenvalue weighted by Crippen LogP contribution is 2.24. The summed E-state index contributed by atoms with van der Waals surface area (Å²) in [4.78, 5) is 12.1. The monoisotopic (exact) mass is 270 g/mol. The van der Waals surface area contributed by atoms with Crippen molar-refractivity contribution in [1.29, 1.82) is 0 Å². The Morgan fingerprint density at radius 3 is 2.40 bits per heavy atom. The van der Waals surface area contributed by atoms with Crippen LogP contribution in [0, 0.1) is 5.92 Å². The molecular weight excluding hydrogens is 248 g/mol. The molecule has 2 rings (SSSR count). The van der Waals surface area contributed by atoms with E-state index in [1.165, 1.54) is 10.8 Å². The Kier molecular flexibility index (Phi) is 4.40. The predicted octanol–water partition coefficient (Wildman–Crippen LogP) is 3.00. The summed E-state index contributed by atoms with van der Waals surface area (Å²) in [7, 11) is 0. The molecule has 0 spiro atoms. The number of hydrogen-bond donors (Lipinski definition) is 2. The maximum atomic E-state index is 12.1. The van der Waals surface area contributed by atoms with E-state index in [2.05, 4.69) is 23.5 Å². The lowest BCUT2D eigenvalue weighted by Gasteiger charge is -2.21. The van der Waals surface area contributed by atoms with Crippen LogP contribution in [-0.4, -0.2) is 11.9 Å². The molecule has 1 amide bonds. The lowest BCUT2D eigenvalue weighted by atomic mass is 9.98. The van der Waals surface area contributed by atoms with Crippen LogP contribution in [0.25, 0.3) is 10.8 Å². The quantitative estimate of drug-likeness (QED) is 0.897. The number of fused-ring (bicyclic) bond motifs is 1. The molecule has 0 saturated carbocycles. The Labute approximate surface area is 120 Å². The molecular formula is C17H22N2O. The predicted molar refractivity (Wildman–Crippen MR) is 83.3 cm³/mol. The van der Waals surface area contributed by atoms with Crippen LogP contribution in [0.4, 0.5) is 0 Å². The number of amides is 1. The number of hydrogen-bond acceptors (Lipinski definition) is 2. The van der Waals surface area contributed by atoms with E-state index in [1.807, 2.05) is 45.0 Å². The molecule has 3 nitrogen and oxygen atoms in total. The maximum Gasteiger partial charge on any atom is 0.237 e. The Morgan fingerprint density at radius 2 is 1.70 bits per heavy atom. The topological polar surface area (TPSA) is 55.1 Å². The molecule has 0 aliphatic heterocycles. The second-order valence-corrected chi connectivity index (χ2v) is 5.57. The van der Waals surface area contributed by atoms with Gasteiger partial charge in [0.2, 0.25) is 5.91 Å². The van der Waals surface area contributed by atoms with Crippen molar-refractivity contribution in [2.75, 3.05) is 0 Å². The molecule has 0 bridgehead atoms. The average molecular weight is 270 g/mol. The van der Waals surface area contributed by atoms with E-state index in [0.29, 0.717) is 0 Å². The summed E-state index contributed by atoms with van der Waals surface area (Å²) in [6.45, 7) is 5.90. The smallest absolute Gasteiger partial charge is 0.237 e.